The van der Waals surface area contributed by atoms with E-state index in [1.807, 2.05) is 38.1 Å². The first-order chi connectivity index (χ1) is 14.3. The van der Waals surface area contributed by atoms with Gasteiger partial charge in [0, 0.05) is 13.1 Å². The molecule has 0 aliphatic carbocycles. The summed E-state index contributed by atoms with van der Waals surface area (Å²) in [5.74, 6) is -0.323. The van der Waals surface area contributed by atoms with E-state index in [1.54, 1.807) is 0 Å². The molecule has 2 unspecified atom stereocenters. The zero-order valence-corrected chi connectivity index (χ0v) is 18.0. The van der Waals surface area contributed by atoms with Gasteiger partial charge in [-0.05, 0) is 68.7 Å². The number of rotatable bonds is 7. The van der Waals surface area contributed by atoms with Gasteiger partial charge in [-0.15, -0.1) is 0 Å². The minimum Gasteiger partial charge on any atom is -0.494 e. The molecule has 1 saturated heterocycles. The van der Waals surface area contributed by atoms with Crippen molar-refractivity contribution in [3.05, 3.63) is 59.9 Å². The Bertz CT molecular complexity index is 962. The lowest BCUT2D eigenvalue weighted by atomic mass is 9.98. The molecule has 162 valence electrons. The van der Waals surface area contributed by atoms with Gasteiger partial charge in [-0.3, -0.25) is 4.79 Å². The maximum absolute atomic E-state index is 13.1. The average molecular weight is 435 g/mol. The number of hydrogen-bond donors (Lipinski definition) is 1. The topological polar surface area (TPSA) is 75.7 Å². The quantitative estimate of drug-likeness (QED) is 0.724. The molecule has 2 aromatic rings. The van der Waals surface area contributed by atoms with E-state index in [1.165, 1.54) is 16.4 Å². The van der Waals surface area contributed by atoms with Crippen molar-refractivity contribution in [1.82, 2.24) is 9.62 Å². The van der Waals surface area contributed by atoms with Crippen LogP contribution < -0.4 is 10.1 Å². The van der Waals surface area contributed by atoms with E-state index in [4.69, 9.17) is 4.74 Å². The lowest BCUT2D eigenvalue weighted by Gasteiger charge is -2.32. The molecule has 1 amide bonds. The number of halogens is 1. The molecule has 8 heteroatoms. The highest BCUT2D eigenvalue weighted by atomic mass is 32.2. The summed E-state index contributed by atoms with van der Waals surface area (Å²) in [6, 6.07) is 12.1. The Kier molecular flexibility index (Phi) is 7.10. The monoisotopic (exact) mass is 434 g/mol. The van der Waals surface area contributed by atoms with Gasteiger partial charge in [0.1, 0.15) is 11.6 Å². The van der Waals surface area contributed by atoms with E-state index < -0.39 is 21.8 Å². The number of piperidine rings is 1. The van der Waals surface area contributed by atoms with Crippen LogP contribution in [0.1, 0.15) is 38.3 Å². The molecule has 0 aromatic heterocycles. The number of nitrogens with one attached hydrogen (secondary N) is 1. The predicted molar refractivity (Wildman–Crippen MR) is 112 cm³/mol. The van der Waals surface area contributed by atoms with Crippen molar-refractivity contribution in [1.29, 1.82) is 0 Å². The van der Waals surface area contributed by atoms with Crippen molar-refractivity contribution in [2.24, 2.45) is 5.92 Å². The normalized spacial score (nSPS) is 18.6. The lowest BCUT2D eigenvalue weighted by molar-refractivity contribution is -0.126. The molecule has 0 spiro atoms. The Morgan fingerprint density at radius 1 is 1.20 bits per heavy atom. The zero-order valence-electron chi connectivity index (χ0n) is 17.2. The summed E-state index contributed by atoms with van der Waals surface area (Å²) in [5, 5.41) is 2.99. The molecular weight excluding hydrogens is 407 g/mol. The summed E-state index contributed by atoms with van der Waals surface area (Å²) < 4.78 is 45.6. The zero-order chi connectivity index (χ0) is 21.7. The van der Waals surface area contributed by atoms with Crippen LogP contribution in [0.4, 0.5) is 4.39 Å². The molecule has 30 heavy (non-hydrogen) atoms. The van der Waals surface area contributed by atoms with Gasteiger partial charge in [-0.2, -0.15) is 4.31 Å². The third kappa shape index (κ3) is 5.17. The highest BCUT2D eigenvalue weighted by molar-refractivity contribution is 7.89. The smallest absolute Gasteiger partial charge is 0.243 e. The van der Waals surface area contributed by atoms with Gasteiger partial charge in [0.05, 0.1) is 23.5 Å². The van der Waals surface area contributed by atoms with Gasteiger partial charge in [0.25, 0.3) is 0 Å². The van der Waals surface area contributed by atoms with Crippen molar-refractivity contribution in [2.75, 3.05) is 19.7 Å². The largest absolute Gasteiger partial charge is 0.494 e. The Morgan fingerprint density at radius 3 is 2.50 bits per heavy atom. The minimum absolute atomic E-state index is 0.0349. The van der Waals surface area contributed by atoms with Gasteiger partial charge < -0.3 is 10.1 Å². The highest BCUT2D eigenvalue weighted by Gasteiger charge is 2.33. The van der Waals surface area contributed by atoms with Crippen molar-refractivity contribution >= 4 is 15.9 Å². The van der Waals surface area contributed by atoms with Crippen molar-refractivity contribution < 1.29 is 22.3 Å². The summed E-state index contributed by atoms with van der Waals surface area (Å²) in [6.45, 7) is 4.86. The minimum atomic E-state index is -3.76. The van der Waals surface area contributed by atoms with E-state index in [2.05, 4.69) is 5.32 Å². The second-order valence-corrected chi connectivity index (χ2v) is 9.33. The predicted octanol–water partition coefficient (Wildman–Crippen LogP) is 3.50. The molecule has 2 atom stereocenters. The van der Waals surface area contributed by atoms with Gasteiger partial charge in [-0.25, -0.2) is 12.8 Å². The first kappa shape index (κ1) is 22.2. The fraction of sp³-hybridized carbons (Fsp3) is 0.409. The molecule has 6 nitrogen and oxygen atoms in total. The van der Waals surface area contributed by atoms with Crippen LogP contribution in [-0.4, -0.2) is 38.3 Å². The number of hydrogen-bond acceptors (Lipinski definition) is 4. The summed E-state index contributed by atoms with van der Waals surface area (Å²) in [7, 11) is -3.76. The molecule has 0 bridgehead atoms. The lowest BCUT2D eigenvalue weighted by Crippen LogP contribution is -2.45. The van der Waals surface area contributed by atoms with Crippen LogP contribution in [-0.2, 0) is 14.8 Å². The highest BCUT2D eigenvalue weighted by Crippen LogP contribution is 2.25. The molecule has 0 saturated carbocycles. The van der Waals surface area contributed by atoms with E-state index in [-0.39, 0.29) is 23.4 Å². The standard InChI is InChI=1S/C22H27FN2O4S/c1-3-29-20-10-6-17(7-11-20)16(2)24-22(26)18-5-4-14-25(15-18)30(27,28)21-12-8-19(23)9-13-21/h6-13,16,18H,3-5,14-15H2,1-2H3,(H,24,26). The second-order valence-electron chi connectivity index (χ2n) is 7.39. The molecule has 3 rings (SSSR count). The summed E-state index contributed by atoms with van der Waals surface area (Å²) >= 11 is 0. The maximum Gasteiger partial charge on any atom is 0.243 e. The fourth-order valence-electron chi connectivity index (χ4n) is 3.56. The molecule has 0 radical (unpaired) electrons. The maximum atomic E-state index is 13.1. The molecule has 1 aliphatic heterocycles. The molecule has 1 heterocycles. The Labute approximate surface area is 177 Å². The van der Waals surface area contributed by atoms with E-state index >= 15 is 0 Å². The Hall–Kier alpha value is -2.45. The fourth-order valence-corrected chi connectivity index (χ4v) is 5.09. The van der Waals surface area contributed by atoms with E-state index in [0.717, 1.165) is 23.4 Å². The van der Waals surface area contributed by atoms with Crippen molar-refractivity contribution in [3.63, 3.8) is 0 Å². The van der Waals surface area contributed by atoms with Crippen LogP contribution in [0.3, 0.4) is 0 Å². The Balaban J connectivity index is 1.64. The molecule has 1 N–H and O–H groups in total. The SMILES string of the molecule is CCOc1ccc(C(C)NC(=O)C2CCCN(S(=O)(=O)c3ccc(F)cc3)C2)cc1. The number of nitrogens with zero attached hydrogens (tertiary/aromatic N) is 1. The Morgan fingerprint density at radius 2 is 1.87 bits per heavy atom. The third-order valence-electron chi connectivity index (χ3n) is 5.26. The first-order valence-electron chi connectivity index (χ1n) is 10.1. The molecular formula is C22H27FN2O4S. The number of ether oxygens (including phenoxy) is 1. The van der Waals surface area contributed by atoms with Crippen LogP contribution >= 0.6 is 0 Å². The van der Waals surface area contributed by atoms with Gasteiger partial charge >= 0.3 is 0 Å². The van der Waals surface area contributed by atoms with Crippen LogP contribution in [0.25, 0.3) is 0 Å². The number of carbonyl (C=O) groups is 1. The summed E-state index contributed by atoms with van der Waals surface area (Å²) in [6.07, 6.45) is 1.22. The third-order valence-corrected chi connectivity index (χ3v) is 7.14. The molecule has 1 fully saturated rings. The van der Waals surface area contributed by atoms with Gasteiger partial charge in [0.2, 0.25) is 15.9 Å². The number of amides is 1. The summed E-state index contributed by atoms with van der Waals surface area (Å²) in [4.78, 5) is 12.8. The van der Waals surface area contributed by atoms with Gasteiger partial charge in [0.15, 0.2) is 0 Å². The van der Waals surface area contributed by atoms with Crippen LogP contribution in [0, 0.1) is 11.7 Å². The second kappa shape index (κ2) is 9.57. The molecule has 2 aromatic carbocycles. The van der Waals surface area contributed by atoms with Gasteiger partial charge in [-0.1, -0.05) is 12.1 Å². The number of carbonyl (C=O) groups excluding carboxylic acids is 1. The van der Waals surface area contributed by atoms with Crippen LogP contribution in [0.5, 0.6) is 5.75 Å². The number of benzene rings is 2. The van der Waals surface area contributed by atoms with Crippen LogP contribution in [0.2, 0.25) is 0 Å². The van der Waals surface area contributed by atoms with Crippen molar-refractivity contribution in [2.45, 2.75) is 37.6 Å². The van der Waals surface area contributed by atoms with E-state index in [0.29, 0.717) is 26.0 Å². The molecule has 1 aliphatic rings. The van der Waals surface area contributed by atoms with Crippen molar-refractivity contribution in [3.8, 4) is 5.75 Å². The first-order valence-corrected chi connectivity index (χ1v) is 11.5. The number of sulfonamides is 1. The average Bonchev–Trinajstić information content (AvgIpc) is 2.75. The van der Waals surface area contributed by atoms with Crippen LogP contribution in [0.15, 0.2) is 53.4 Å². The van der Waals surface area contributed by atoms with E-state index in [9.17, 15) is 17.6 Å². The summed E-state index contributed by atoms with van der Waals surface area (Å²) in [5.41, 5.74) is 0.943.